The second kappa shape index (κ2) is 7.99. The zero-order chi connectivity index (χ0) is 22.2. The Labute approximate surface area is 178 Å². The number of halogens is 2. The summed E-state index contributed by atoms with van der Waals surface area (Å²) >= 11 is 0. The largest absolute Gasteiger partial charge is 0.447 e. The Hall–Kier alpha value is -3.46. The first-order valence-electron chi connectivity index (χ1n) is 9.32. The summed E-state index contributed by atoms with van der Waals surface area (Å²) in [6.07, 6.45) is -0.436. The predicted molar refractivity (Wildman–Crippen MR) is 111 cm³/mol. The second-order valence-electron chi connectivity index (χ2n) is 7.08. The molecular weight excluding hydrogens is 426 g/mol. The van der Waals surface area contributed by atoms with Crippen LogP contribution in [-0.4, -0.2) is 33.1 Å². The third-order valence-electron chi connectivity index (χ3n) is 5.05. The molecule has 0 unspecified atom stereocenters. The van der Waals surface area contributed by atoms with E-state index in [9.17, 15) is 22.0 Å². The number of hydrogen-bond acceptors (Lipinski definition) is 4. The van der Waals surface area contributed by atoms with Crippen molar-refractivity contribution in [1.29, 1.82) is 0 Å². The lowest BCUT2D eigenvalue weighted by molar-refractivity contribution is 0.163. The van der Waals surface area contributed by atoms with Crippen LogP contribution in [0.5, 0.6) is 0 Å². The molecule has 3 aromatic rings. The van der Waals surface area contributed by atoms with Crippen molar-refractivity contribution in [2.45, 2.75) is 10.9 Å². The number of likely N-dealkylation sites (N-methyl/N-ethyl adjacent to an activating group) is 1. The van der Waals surface area contributed by atoms with Gasteiger partial charge in [0.15, 0.2) is 0 Å². The number of sulfonamides is 1. The lowest BCUT2D eigenvalue weighted by Gasteiger charge is -2.17. The fourth-order valence-corrected chi connectivity index (χ4v) is 4.42. The van der Waals surface area contributed by atoms with Crippen LogP contribution in [0.25, 0.3) is 11.1 Å². The number of cyclic esters (lactones) is 1. The lowest BCUT2D eigenvalue weighted by Crippen LogP contribution is -2.22. The van der Waals surface area contributed by atoms with Crippen molar-refractivity contribution in [3.63, 3.8) is 0 Å². The van der Waals surface area contributed by atoms with E-state index in [0.29, 0.717) is 11.3 Å². The summed E-state index contributed by atoms with van der Waals surface area (Å²) in [7, 11) is -2.30. The maximum absolute atomic E-state index is 14.0. The predicted octanol–water partition coefficient (Wildman–Crippen LogP) is 4.56. The number of rotatable bonds is 5. The Bertz CT molecular complexity index is 1250. The molecule has 0 radical (unpaired) electrons. The summed E-state index contributed by atoms with van der Waals surface area (Å²) in [5.41, 5.74) is 1.66. The second-order valence-corrected chi connectivity index (χ2v) is 8.77. The molecule has 0 aromatic heterocycles. The molecule has 1 saturated heterocycles. The Morgan fingerprint density at radius 3 is 2.42 bits per heavy atom. The molecule has 0 spiro atoms. The Kier molecular flexibility index (Phi) is 5.36. The molecule has 0 saturated carbocycles. The molecule has 9 heteroatoms. The van der Waals surface area contributed by atoms with Gasteiger partial charge >= 0.3 is 6.09 Å². The van der Waals surface area contributed by atoms with Gasteiger partial charge in [-0.05, 0) is 47.5 Å². The maximum atomic E-state index is 14.0. The van der Waals surface area contributed by atoms with Crippen LogP contribution < -0.4 is 4.72 Å². The van der Waals surface area contributed by atoms with Crippen LogP contribution in [0.15, 0.2) is 71.6 Å². The van der Waals surface area contributed by atoms with Gasteiger partial charge in [0.1, 0.15) is 18.2 Å². The number of ether oxygens (including phenoxy) is 1. The minimum Gasteiger partial charge on any atom is -0.447 e. The zero-order valence-corrected chi connectivity index (χ0v) is 17.2. The number of nitrogens with zero attached hydrogens (tertiary/aromatic N) is 1. The highest BCUT2D eigenvalue weighted by Crippen LogP contribution is 2.29. The molecule has 1 heterocycles. The number of carbonyl (C=O) groups is 1. The van der Waals surface area contributed by atoms with Crippen LogP contribution in [0.3, 0.4) is 0 Å². The number of anilines is 1. The number of carbonyl (C=O) groups excluding carboxylic acids is 1. The number of hydrogen-bond donors (Lipinski definition) is 1. The Morgan fingerprint density at radius 1 is 1.03 bits per heavy atom. The van der Waals surface area contributed by atoms with Crippen LogP contribution in [0, 0.1) is 11.6 Å². The van der Waals surface area contributed by atoms with Crippen molar-refractivity contribution in [1.82, 2.24) is 4.90 Å². The van der Waals surface area contributed by atoms with Crippen LogP contribution in [-0.2, 0) is 14.8 Å². The molecule has 1 fully saturated rings. The smallest absolute Gasteiger partial charge is 0.410 e. The minimum atomic E-state index is -3.91. The van der Waals surface area contributed by atoms with Crippen molar-refractivity contribution < 1.29 is 26.7 Å². The number of benzene rings is 3. The third-order valence-corrected chi connectivity index (χ3v) is 6.45. The first-order valence-corrected chi connectivity index (χ1v) is 10.8. The topological polar surface area (TPSA) is 75.7 Å². The average molecular weight is 444 g/mol. The highest BCUT2D eigenvalue weighted by atomic mass is 32.2. The third kappa shape index (κ3) is 4.22. The van der Waals surface area contributed by atoms with E-state index in [-0.39, 0.29) is 23.1 Å². The average Bonchev–Trinajstić information content (AvgIpc) is 3.07. The van der Waals surface area contributed by atoms with Gasteiger partial charge in [-0.25, -0.2) is 22.0 Å². The molecule has 160 valence electrons. The van der Waals surface area contributed by atoms with E-state index >= 15 is 0 Å². The molecule has 0 aliphatic carbocycles. The number of nitrogens with one attached hydrogen (secondary N) is 1. The maximum Gasteiger partial charge on any atom is 0.410 e. The van der Waals surface area contributed by atoms with Crippen LogP contribution in [0.1, 0.15) is 11.6 Å². The first-order chi connectivity index (χ1) is 14.7. The molecule has 1 atom stereocenters. The molecule has 1 amide bonds. The molecular formula is C22H18F2N2O4S. The molecule has 6 nitrogen and oxygen atoms in total. The summed E-state index contributed by atoms with van der Waals surface area (Å²) in [6.45, 7) is 0.187. The first kappa shape index (κ1) is 20.8. The van der Waals surface area contributed by atoms with Gasteiger partial charge in [-0.1, -0.05) is 24.3 Å². The standard InChI is InChI=1S/C22H18F2N2O4S/c1-26-21(13-30-22(26)27)15-3-2-4-17(11-15)25-31(28,29)18-8-5-14(6-9-18)19-10-7-16(23)12-20(19)24/h2-12,21,25H,13H2,1H3/t21-/m0/s1. The lowest BCUT2D eigenvalue weighted by atomic mass is 10.1. The molecule has 31 heavy (non-hydrogen) atoms. The van der Waals surface area contributed by atoms with E-state index in [1.165, 1.54) is 35.2 Å². The monoisotopic (exact) mass is 444 g/mol. The van der Waals surface area contributed by atoms with Gasteiger partial charge in [0.05, 0.1) is 10.9 Å². The molecule has 1 N–H and O–H groups in total. The summed E-state index contributed by atoms with van der Waals surface area (Å²) in [5, 5.41) is 0. The van der Waals surface area contributed by atoms with Crippen molar-refractivity contribution in [2.24, 2.45) is 0 Å². The van der Waals surface area contributed by atoms with Crippen LogP contribution in [0.4, 0.5) is 19.3 Å². The van der Waals surface area contributed by atoms with Gasteiger partial charge in [-0.2, -0.15) is 0 Å². The Morgan fingerprint density at radius 2 is 1.77 bits per heavy atom. The van der Waals surface area contributed by atoms with E-state index in [1.54, 1.807) is 31.3 Å². The normalized spacial score (nSPS) is 16.3. The van der Waals surface area contributed by atoms with Crippen molar-refractivity contribution in [3.05, 3.63) is 83.9 Å². The van der Waals surface area contributed by atoms with Gasteiger partial charge in [0.2, 0.25) is 0 Å². The Balaban J connectivity index is 1.55. The van der Waals surface area contributed by atoms with Gasteiger partial charge < -0.3 is 9.64 Å². The van der Waals surface area contributed by atoms with Crippen molar-refractivity contribution in [2.75, 3.05) is 18.4 Å². The quantitative estimate of drug-likeness (QED) is 0.626. The van der Waals surface area contributed by atoms with Crippen molar-refractivity contribution in [3.8, 4) is 11.1 Å². The summed E-state index contributed by atoms with van der Waals surface area (Å²) < 4.78 is 60.2. The van der Waals surface area contributed by atoms with Gasteiger partial charge in [0.25, 0.3) is 10.0 Å². The minimum absolute atomic E-state index is 0.0133. The van der Waals surface area contributed by atoms with Gasteiger partial charge in [-0.15, -0.1) is 0 Å². The molecule has 4 rings (SSSR count). The molecule has 3 aromatic carbocycles. The van der Waals surface area contributed by atoms with E-state index in [2.05, 4.69) is 4.72 Å². The highest BCUT2D eigenvalue weighted by molar-refractivity contribution is 7.92. The SMILES string of the molecule is CN1C(=O)OC[C@H]1c1cccc(NS(=O)(=O)c2ccc(-c3ccc(F)cc3F)cc2)c1. The number of amides is 1. The zero-order valence-electron chi connectivity index (χ0n) is 16.4. The fourth-order valence-electron chi connectivity index (χ4n) is 3.37. The van der Waals surface area contributed by atoms with Gasteiger partial charge in [0, 0.05) is 24.4 Å². The van der Waals surface area contributed by atoms with E-state index in [1.807, 2.05) is 0 Å². The summed E-state index contributed by atoms with van der Waals surface area (Å²) in [6, 6.07) is 15.2. The van der Waals surface area contributed by atoms with Crippen LogP contribution >= 0.6 is 0 Å². The summed E-state index contributed by atoms with van der Waals surface area (Å²) in [5.74, 6) is -1.42. The van der Waals surface area contributed by atoms with Crippen LogP contribution in [0.2, 0.25) is 0 Å². The molecule has 0 bridgehead atoms. The van der Waals surface area contributed by atoms with E-state index in [4.69, 9.17) is 4.74 Å². The van der Waals surface area contributed by atoms with E-state index in [0.717, 1.165) is 17.7 Å². The van der Waals surface area contributed by atoms with E-state index < -0.39 is 27.8 Å². The molecule has 1 aliphatic rings. The van der Waals surface area contributed by atoms with Gasteiger partial charge in [-0.3, -0.25) is 4.72 Å². The van der Waals surface area contributed by atoms with Crippen molar-refractivity contribution >= 4 is 21.8 Å². The summed E-state index contributed by atoms with van der Waals surface area (Å²) in [4.78, 5) is 13.0. The highest BCUT2D eigenvalue weighted by Gasteiger charge is 2.31. The molecule has 1 aliphatic heterocycles. The fraction of sp³-hybridized carbons (Fsp3) is 0.136.